The van der Waals surface area contributed by atoms with Crippen LogP contribution >= 0.6 is 0 Å². The number of nitro benzene ring substituents is 1. The fourth-order valence-electron chi connectivity index (χ4n) is 2.35. The summed E-state index contributed by atoms with van der Waals surface area (Å²) in [6, 6.07) is 3.67. The highest BCUT2D eigenvalue weighted by Crippen LogP contribution is 2.29. The van der Waals surface area contributed by atoms with Crippen LogP contribution in [0.25, 0.3) is 0 Å². The largest absolute Gasteiger partial charge is 0.507 e. The van der Waals surface area contributed by atoms with Crippen molar-refractivity contribution in [2.75, 3.05) is 6.54 Å². The van der Waals surface area contributed by atoms with Gasteiger partial charge in [0.15, 0.2) is 0 Å². The fourth-order valence-corrected chi connectivity index (χ4v) is 2.35. The molecule has 0 unspecified atom stereocenters. The first kappa shape index (κ1) is 13.3. The number of hydrogen-bond acceptors (Lipinski definition) is 4. The Morgan fingerprint density at radius 2 is 2.16 bits per heavy atom. The van der Waals surface area contributed by atoms with E-state index in [4.69, 9.17) is 0 Å². The van der Waals surface area contributed by atoms with Gasteiger partial charge in [0.05, 0.1) is 16.6 Å². The summed E-state index contributed by atoms with van der Waals surface area (Å²) < 4.78 is 0. The summed E-state index contributed by atoms with van der Waals surface area (Å²) in [7, 11) is 0. The number of benzene rings is 1. The number of rotatable bonds is 2. The molecule has 0 spiro atoms. The van der Waals surface area contributed by atoms with E-state index in [1.165, 1.54) is 12.1 Å². The third-order valence-corrected chi connectivity index (χ3v) is 3.82. The highest BCUT2D eigenvalue weighted by molar-refractivity contribution is 5.97. The third-order valence-electron chi connectivity index (χ3n) is 3.82. The van der Waals surface area contributed by atoms with Crippen LogP contribution in [0.1, 0.15) is 30.6 Å². The van der Waals surface area contributed by atoms with Crippen molar-refractivity contribution in [1.29, 1.82) is 0 Å². The number of non-ortho nitro benzene ring substituents is 1. The van der Waals surface area contributed by atoms with Crippen molar-refractivity contribution < 1.29 is 14.8 Å². The van der Waals surface area contributed by atoms with Crippen LogP contribution in [0.5, 0.6) is 5.75 Å². The second-order valence-corrected chi connectivity index (χ2v) is 4.96. The van der Waals surface area contributed by atoms with Gasteiger partial charge in [-0.1, -0.05) is 6.92 Å². The Morgan fingerprint density at radius 3 is 2.63 bits per heavy atom. The maximum Gasteiger partial charge on any atom is 0.273 e. The van der Waals surface area contributed by atoms with Crippen LogP contribution < -0.4 is 0 Å². The van der Waals surface area contributed by atoms with Gasteiger partial charge in [0, 0.05) is 18.7 Å². The molecule has 0 radical (unpaired) electrons. The van der Waals surface area contributed by atoms with Crippen molar-refractivity contribution in [2.24, 2.45) is 5.92 Å². The maximum atomic E-state index is 12.3. The summed E-state index contributed by atoms with van der Waals surface area (Å²) in [5.74, 6) is -0.195. The smallest absolute Gasteiger partial charge is 0.273 e. The minimum absolute atomic E-state index is 0.113. The monoisotopic (exact) mass is 264 g/mol. The molecule has 1 aromatic carbocycles. The van der Waals surface area contributed by atoms with E-state index in [-0.39, 0.29) is 28.9 Å². The van der Waals surface area contributed by atoms with Crippen molar-refractivity contribution >= 4 is 11.6 Å². The summed E-state index contributed by atoms with van der Waals surface area (Å²) in [6.45, 7) is 4.70. The van der Waals surface area contributed by atoms with Crippen molar-refractivity contribution in [1.82, 2.24) is 4.90 Å². The van der Waals surface area contributed by atoms with Crippen LogP contribution in [0.2, 0.25) is 0 Å². The number of phenolic OH excluding ortho intramolecular Hbond substituents is 1. The topological polar surface area (TPSA) is 83.7 Å². The number of phenols is 1. The van der Waals surface area contributed by atoms with Gasteiger partial charge in [0.25, 0.3) is 11.6 Å². The molecule has 0 aliphatic carbocycles. The molecule has 1 amide bonds. The van der Waals surface area contributed by atoms with Gasteiger partial charge in [-0.25, -0.2) is 0 Å². The third kappa shape index (κ3) is 2.38. The number of amides is 1. The van der Waals surface area contributed by atoms with Crippen LogP contribution in [0, 0.1) is 16.0 Å². The summed E-state index contributed by atoms with van der Waals surface area (Å²) >= 11 is 0. The van der Waals surface area contributed by atoms with Crippen LogP contribution in [-0.2, 0) is 0 Å². The molecule has 1 heterocycles. The van der Waals surface area contributed by atoms with Gasteiger partial charge in [0.2, 0.25) is 0 Å². The lowest BCUT2D eigenvalue weighted by molar-refractivity contribution is -0.384. The average Bonchev–Trinajstić information content (AvgIpc) is 2.69. The number of likely N-dealkylation sites (tertiary alicyclic amines) is 1. The number of hydrogen-bond donors (Lipinski definition) is 1. The lowest BCUT2D eigenvalue weighted by atomic mass is 10.0. The normalized spacial score (nSPS) is 22.5. The van der Waals surface area contributed by atoms with Gasteiger partial charge in [-0.15, -0.1) is 0 Å². The van der Waals surface area contributed by atoms with Gasteiger partial charge in [-0.2, -0.15) is 0 Å². The first-order valence-electron chi connectivity index (χ1n) is 6.20. The molecule has 1 N–H and O–H groups in total. The first-order valence-corrected chi connectivity index (χ1v) is 6.20. The zero-order valence-electron chi connectivity index (χ0n) is 10.9. The summed E-state index contributed by atoms with van der Waals surface area (Å²) in [5, 5.41) is 20.4. The Kier molecular flexibility index (Phi) is 3.42. The number of nitro groups is 1. The molecule has 1 aliphatic rings. The molecule has 1 fully saturated rings. The summed E-state index contributed by atoms with van der Waals surface area (Å²) in [6.07, 6.45) is 0.931. The molecule has 1 saturated heterocycles. The molecule has 2 rings (SSSR count). The fraction of sp³-hybridized carbons (Fsp3) is 0.462. The average molecular weight is 264 g/mol. The number of aromatic hydroxyl groups is 1. The Labute approximate surface area is 110 Å². The second kappa shape index (κ2) is 4.87. The van der Waals surface area contributed by atoms with E-state index in [1.807, 2.05) is 6.92 Å². The highest BCUT2D eigenvalue weighted by Gasteiger charge is 2.32. The lowest BCUT2D eigenvalue weighted by Crippen LogP contribution is -2.35. The van der Waals surface area contributed by atoms with Crippen LogP contribution in [0.15, 0.2) is 18.2 Å². The zero-order valence-corrected chi connectivity index (χ0v) is 10.9. The van der Waals surface area contributed by atoms with E-state index < -0.39 is 4.92 Å². The van der Waals surface area contributed by atoms with E-state index in [1.54, 1.807) is 4.90 Å². The standard InChI is InChI=1S/C13H16N2O4/c1-8-5-6-14(9(8)2)13(17)11-4-3-10(15(18)19)7-12(11)16/h3-4,7-9,16H,5-6H2,1-2H3/t8-,9+/m1/s1. The highest BCUT2D eigenvalue weighted by atomic mass is 16.6. The van der Waals surface area contributed by atoms with Gasteiger partial charge >= 0.3 is 0 Å². The minimum Gasteiger partial charge on any atom is -0.507 e. The number of carbonyl (C=O) groups excluding carboxylic acids is 1. The van der Waals surface area contributed by atoms with Crippen molar-refractivity contribution in [2.45, 2.75) is 26.3 Å². The molecular weight excluding hydrogens is 248 g/mol. The van der Waals surface area contributed by atoms with E-state index >= 15 is 0 Å². The summed E-state index contributed by atoms with van der Waals surface area (Å²) in [4.78, 5) is 24.0. The lowest BCUT2D eigenvalue weighted by Gasteiger charge is -2.23. The van der Waals surface area contributed by atoms with E-state index in [2.05, 4.69) is 6.92 Å². The van der Waals surface area contributed by atoms with E-state index in [0.29, 0.717) is 12.5 Å². The zero-order chi connectivity index (χ0) is 14.2. The van der Waals surface area contributed by atoms with Crippen LogP contribution in [0.3, 0.4) is 0 Å². The summed E-state index contributed by atoms with van der Waals surface area (Å²) in [5.41, 5.74) is -0.108. The van der Waals surface area contributed by atoms with Crippen molar-refractivity contribution in [3.8, 4) is 5.75 Å². The minimum atomic E-state index is -0.603. The number of nitrogens with zero attached hydrogens (tertiary/aromatic N) is 2. The van der Waals surface area contributed by atoms with E-state index in [0.717, 1.165) is 12.5 Å². The second-order valence-electron chi connectivity index (χ2n) is 4.96. The maximum absolute atomic E-state index is 12.3. The molecule has 1 aliphatic heterocycles. The Bertz CT molecular complexity index is 529. The molecule has 19 heavy (non-hydrogen) atoms. The van der Waals surface area contributed by atoms with Crippen molar-refractivity contribution in [3.05, 3.63) is 33.9 Å². The predicted octanol–water partition coefficient (Wildman–Crippen LogP) is 2.17. The first-order chi connectivity index (χ1) is 8.91. The molecule has 0 saturated carbocycles. The van der Waals surface area contributed by atoms with Gasteiger partial charge in [-0.3, -0.25) is 14.9 Å². The van der Waals surface area contributed by atoms with E-state index in [9.17, 15) is 20.0 Å². The molecule has 2 atom stereocenters. The molecule has 1 aromatic rings. The Balaban J connectivity index is 2.27. The molecule has 0 bridgehead atoms. The molecule has 6 nitrogen and oxygen atoms in total. The van der Waals surface area contributed by atoms with Crippen molar-refractivity contribution in [3.63, 3.8) is 0 Å². The SMILES string of the molecule is C[C@@H]1CCN(C(=O)c2ccc([N+](=O)[O-])cc2O)[C@H]1C. The quantitative estimate of drug-likeness (QED) is 0.655. The van der Waals surface area contributed by atoms with Gasteiger partial charge in [0.1, 0.15) is 5.75 Å². The number of carbonyl (C=O) groups is 1. The molecule has 6 heteroatoms. The predicted molar refractivity (Wildman–Crippen MR) is 69.0 cm³/mol. The van der Waals surface area contributed by atoms with Crippen LogP contribution in [0.4, 0.5) is 5.69 Å². The van der Waals surface area contributed by atoms with Crippen LogP contribution in [-0.4, -0.2) is 33.4 Å². The Morgan fingerprint density at radius 1 is 1.47 bits per heavy atom. The Hall–Kier alpha value is -2.11. The van der Waals surface area contributed by atoms with Gasteiger partial charge in [-0.05, 0) is 25.3 Å². The molecular formula is C13H16N2O4. The van der Waals surface area contributed by atoms with Gasteiger partial charge < -0.3 is 10.0 Å². The molecule has 0 aromatic heterocycles. The molecule has 102 valence electrons.